The molecule has 4 rings (SSSR count). The molecule has 1 fully saturated rings. The summed E-state index contributed by atoms with van der Waals surface area (Å²) in [7, 11) is 0. The number of ether oxygens (including phenoxy) is 1. The molecule has 2 aromatic carbocycles. The van der Waals surface area contributed by atoms with Crippen molar-refractivity contribution in [2.45, 2.75) is 19.5 Å². The van der Waals surface area contributed by atoms with Crippen LogP contribution < -0.4 is 4.74 Å². The number of benzene rings is 2. The summed E-state index contributed by atoms with van der Waals surface area (Å²) in [6.07, 6.45) is 1.39. The van der Waals surface area contributed by atoms with E-state index in [-0.39, 0.29) is 17.8 Å². The Labute approximate surface area is 190 Å². The standard InChI is InChI=1S/C23H23ClN4O4/c1-16-14-26(11-12-27(16)23(31)28-10-9-21(25-28)22(29)30)15-17-3-2-4-20(13-17)32-19-7-5-18(24)6-8-19/h2-10,13,16H,11-12,14-15H2,1H3,(H,29,30). The molecule has 1 saturated heterocycles. The van der Waals surface area contributed by atoms with Crippen molar-refractivity contribution in [2.24, 2.45) is 0 Å². The zero-order valence-electron chi connectivity index (χ0n) is 17.5. The minimum Gasteiger partial charge on any atom is -0.476 e. The highest BCUT2D eigenvalue weighted by Gasteiger charge is 2.29. The van der Waals surface area contributed by atoms with Gasteiger partial charge in [-0.3, -0.25) is 4.90 Å². The van der Waals surface area contributed by atoms with Crippen molar-refractivity contribution in [1.82, 2.24) is 19.6 Å². The summed E-state index contributed by atoms with van der Waals surface area (Å²) in [4.78, 5) is 27.7. The Morgan fingerprint density at radius 1 is 1.12 bits per heavy atom. The molecule has 0 bridgehead atoms. The van der Waals surface area contributed by atoms with Crippen LogP contribution in [-0.4, -0.2) is 62.4 Å². The van der Waals surface area contributed by atoms with Crippen molar-refractivity contribution in [3.8, 4) is 11.5 Å². The van der Waals surface area contributed by atoms with Gasteiger partial charge in [0.05, 0.1) is 0 Å². The summed E-state index contributed by atoms with van der Waals surface area (Å²) < 4.78 is 7.01. The second-order valence-corrected chi connectivity index (χ2v) is 8.15. The number of hydrogen-bond acceptors (Lipinski definition) is 5. The van der Waals surface area contributed by atoms with E-state index >= 15 is 0 Å². The number of aromatic nitrogens is 2. The quantitative estimate of drug-likeness (QED) is 0.621. The first-order chi connectivity index (χ1) is 15.4. The van der Waals surface area contributed by atoms with E-state index in [9.17, 15) is 9.59 Å². The van der Waals surface area contributed by atoms with Gasteiger partial charge in [0.15, 0.2) is 5.69 Å². The van der Waals surface area contributed by atoms with E-state index in [2.05, 4.69) is 10.00 Å². The molecule has 2 heterocycles. The molecule has 0 spiro atoms. The summed E-state index contributed by atoms with van der Waals surface area (Å²) >= 11 is 5.92. The van der Waals surface area contributed by atoms with Gasteiger partial charge in [-0.25, -0.2) is 9.59 Å². The second kappa shape index (κ2) is 9.42. The molecule has 3 aromatic rings. The Bertz CT molecular complexity index is 1120. The van der Waals surface area contributed by atoms with E-state index in [4.69, 9.17) is 21.4 Å². The number of aromatic carboxylic acids is 1. The van der Waals surface area contributed by atoms with E-state index in [0.717, 1.165) is 28.3 Å². The number of hydrogen-bond donors (Lipinski definition) is 1. The molecular formula is C23H23ClN4O4. The summed E-state index contributed by atoms with van der Waals surface area (Å²) in [6, 6.07) is 16.1. The van der Waals surface area contributed by atoms with Crippen LogP contribution in [0.1, 0.15) is 23.0 Å². The van der Waals surface area contributed by atoms with Crippen LogP contribution in [-0.2, 0) is 6.54 Å². The average molecular weight is 455 g/mol. The van der Waals surface area contributed by atoms with Crippen LogP contribution in [0, 0.1) is 0 Å². The Kier molecular flexibility index (Phi) is 6.43. The molecule has 0 aliphatic carbocycles. The van der Waals surface area contributed by atoms with Crippen molar-refractivity contribution >= 4 is 23.6 Å². The molecule has 0 saturated carbocycles. The molecule has 9 heteroatoms. The minimum absolute atomic E-state index is 0.0396. The minimum atomic E-state index is -1.16. The first-order valence-electron chi connectivity index (χ1n) is 10.2. The van der Waals surface area contributed by atoms with Crippen molar-refractivity contribution in [3.63, 3.8) is 0 Å². The topological polar surface area (TPSA) is 87.9 Å². The molecule has 8 nitrogen and oxygen atoms in total. The summed E-state index contributed by atoms with van der Waals surface area (Å²) in [5, 5.41) is 13.5. The van der Waals surface area contributed by atoms with Gasteiger partial charge in [-0.1, -0.05) is 23.7 Å². The summed E-state index contributed by atoms with van der Waals surface area (Å²) in [5.41, 5.74) is 0.965. The lowest BCUT2D eigenvalue weighted by molar-refractivity contribution is 0.0689. The molecule has 166 valence electrons. The lowest BCUT2D eigenvalue weighted by atomic mass is 10.1. The summed E-state index contributed by atoms with van der Waals surface area (Å²) in [5.74, 6) is 0.313. The Morgan fingerprint density at radius 3 is 2.59 bits per heavy atom. The number of nitrogens with zero attached hydrogens (tertiary/aromatic N) is 4. The third-order valence-electron chi connectivity index (χ3n) is 5.32. The molecular weight excluding hydrogens is 432 g/mol. The lowest BCUT2D eigenvalue weighted by Gasteiger charge is -2.39. The van der Waals surface area contributed by atoms with Gasteiger partial charge in [0.2, 0.25) is 0 Å². The normalized spacial score (nSPS) is 16.7. The number of piperazine rings is 1. The van der Waals surface area contributed by atoms with Gasteiger partial charge in [-0.2, -0.15) is 9.78 Å². The molecule has 1 unspecified atom stereocenters. The second-order valence-electron chi connectivity index (χ2n) is 7.71. The monoisotopic (exact) mass is 454 g/mol. The van der Waals surface area contributed by atoms with Gasteiger partial charge in [-0.15, -0.1) is 0 Å². The molecule has 32 heavy (non-hydrogen) atoms. The SMILES string of the molecule is CC1CN(Cc2cccc(Oc3ccc(Cl)cc3)c2)CCN1C(=O)n1ccc(C(=O)O)n1. The Morgan fingerprint density at radius 2 is 1.91 bits per heavy atom. The zero-order valence-corrected chi connectivity index (χ0v) is 18.3. The molecule has 1 N–H and O–H groups in total. The fourth-order valence-electron chi connectivity index (χ4n) is 3.74. The molecule has 1 aromatic heterocycles. The van der Waals surface area contributed by atoms with E-state index in [1.807, 2.05) is 43.3 Å². The van der Waals surface area contributed by atoms with Gasteiger partial charge in [-0.05, 0) is 55.0 Å². The maximum Gasteiger partial charge on any atom is 0.356 e. The number of carboxylic acid groups (broad SMARTS) is 1. The maximum atomic E-state index is 12.7. The number of halogens is 1. The van der Waals surface area contributed by atoms with E-state index in [0.29, 0.717) is 24.7 Å². The number of amides is 1. The fourth-order valence-corrected chi connectivity index (χ4v) is 3.87. The fraction of sp³-hybridized carbons (Fsp3) is 0.261. The van der Waals surface area contributed by atoms with Gasteiger partial charge < -0.3 is 14.7 Å². The third kappa shape index (κ3) is 5.09. The Hall–Kier alpha value is -3.36. The third-order valence-corrected chi connectivity index (χ3v) is 5.57. The van der Waals surface area contributed by atoms with Crippen LogP contribution in [0.25, 0.3) is 0 Å². The highest BCUT2D eigenvalue weighted by atomic mass is 35.5. The number of carbonyl (C=O) groups is 2. The largest absolute Gasteiger partial charge is 0.476 e. The Balaban J connectivity index is 1.36. The first kappa shape index (κ1) is 21.9. The highest BCUT2D eigenvalue weighted by molar-refractivity contribution is 6.30. The predicted octanol–water partition coefficient (Wildman–Crippen LogP) is 4.20. The van der Waals surface area contributed by atoms with Crippen molar-refractivity contribution < 1.29 is 19.4 Å². The first-order valence-corrected chi connectivity index (χ1v) is 10.6. The van der Waals surface area contributed by atoms with E-state index in [1.54, 1.807) is 17.0 Å². The maximum absolute atomic E-state index is 12.7. The van der Waals surface area contributed by atoms with Crippen LogP contribution >= 0.6 is 11.6 Å². The number of carboxylic acids is 1. The van der Waals surface area contributed by atoms with Crippen molar-refractivity contribution in [2.75, 3.05) is 19.6 Å². The van der Waals surface area contributed by atoms with E-state index in [1.165, 1.54) is 12.3 Å². The summed E-state index contributed by atoms with van der Waals surface area (Å²) in [6.45, 7) is 4.64. The predicted molar refractivity (Wildman–Crippen MR) is 119 cm³/mol. The van der Waals surface area contributed by atoms with Crippen LogP contribution in [0.15, 0.2) is 60.8 Å². The number of carbonyl (C=O) groups excluding carboxylic acids is 1. The highest BCUT2D eigenvalue weighted by Crippen LogP contribution is 2.24. The van der Waals surface area contributed by atoms with Crippen LogP contribution in [0.2, 0.25) is 5.02 Å². The van der Waals surface area contributed by atoms with Gasteiger partial charge in [0.1, 0.15) is 11.5 Å². The van der Waals surface area contributed by atoms with E-state index < -0.39 is 5.97 Å². The molecule has 1 aliphatic heterocycles. The van der Waals surface area contributed by atoms with Gasteiger partial charge in [0.25, 0.3) is 0 Å². The van der Waals surface area contributed by atoms with Crippen LogP contribution in [0.4, 0.5) is 4.79 Å². The average Bonchev–Trinajstić information content (AvgIpc) is 3.26. The molecule has 0 radical (unpaired) electrons. The lowest BCUT2D eigenvalue weighted by Crippen LogP contribution is -2.54. The molecule has 1 aliphatic rings. The molecule has 1 amide bonds. The molecule has 1 atom stereocenters. The van der Waals surface area contributed by atoms with Crippen LogP contribution in [0.3, 0.4) is 0 Å². The van der Waals surface area contributed by atoms with Crippen molar-refractivity contribution in [3.05, 3.63) is 77.1 Å². The smallest absolute Gasteiger partial charge is 0.356 e. The van der Waals surface area contributed by atoms with Crippen molar-refractivity contribution in [1.29, 1.82) is 0 Å². The van der Waals surface area contributed by atoms with Gasteiger partial charge >= 0.3 is 12.0 Å². The van der Waals surface area contributed by atoms with Gasteiger partial charge in [0, 0.05) is 43.4 Å². The van der Waals surface area contributed by atoms with Crippen LogP contribution in [0.5, 0.6) is 11.5 Å². The number of rotatable bonds is 5. The zero-order chi connectivity index (χ0) is 22.7.